The fourth-order valence-corrected chi connectivity index (χ4v) is 2.13. The van der Waals surface area contributed by atoms with Crippen LogP contribution in [0.5, 0.6) is 11.6 Å². The number of hydrogen-bond acceptors (Lipinski definition) is 4. The molecule has 0 aliphatic rings. The Bertz CT molecular complexity index is 759. The van der Waals surface area contributed by atoms with Crippen molar-refractivity contribution in [3.63, 3.8) is 0 Å². The van der Waals surface area contributed by atoms with Crippen molar-refractivity contribution < 1.29 is 14.3 Å². The highest BCUT2D eigenvalue weighted by atomic mass is 16.5. The molecule has 0 aliphatic carbocycles. The monoisotopic (exact) mass is 342 g/mol. The molecule has 0 unspecified atom stereocenters. The normalized spacial score (nSPS) is 11.5. The van der Waals surface area contributed by atoms with Crippen molar-refractivity contribution in [1.29, 1.82) is 0 Å². The second-order valence-electron chi connectivity index (χ2n) is 5.82. The number of aryl methyl sites for hydroxylation is 2. The molecule has 0 fully saturated rings. The maximum absolute atomic E-state index is 11.8. The summed E-state index contributed by atoms with van der Waals surface area (Å²) in [6, 6.07) is 8.10. The topological polar surface area (TPSA) is 106 Å². The molecule has 0 bridgehead atoms. The Balaban J connectivity index is 1.92. The lowest BCUT2D eigenvalue weighted by atomic mass is 10.1. The first-order valence-corrected chi connectivity index (χ1v) is 7.89. The van der Waals surface area contributed by atoms with Gasteiger partial charge in [0, 0.05) is 18.8 Å². The molecule has 4 N–H and O–H groups in total. The Kier molecular flexibility index (Phi) is 5.94. The van der Waals surface area contributed by atoms with E-state index in [-0.39, 0.29) is 5.91 Å². The number of carbonyl (C=O) groups is 2. The van der Waals surface area contributed by atoms with Crippen LogP contribution in [0.1, 0.15) is 23.6 Å². The first-order chi connectivity index (χ1) is 11.8. The molecule has 2 aromatic rings. The SMILES string of the molecule is Cc1ccc(C)c(Oc2ccc(CNC(=O)[C@H](C)NC(N)=O)cn2)c1. The van der Waals surface area contributed by atoms with E-state index in [9.17, 15) is 9.59 Å². The van der Waals surface area contributed by atoms with Gasteiger partial charge >= 0.3 is 6.03 Å². The van der Waals surface area contributed by atoms with Gasteiger partial charge < -0.3 is 21.1 Å². The van der Waals surface area contributed by atoms with Gasteiger partial charge in [0.15, 0.2) is 0 Å². The fraction of sp³-hybridized carbons (Fsp3) is 0.278. The lowest BCUT2D eigenvalue weighted by molar-refractivity contribution is -0.122. The molecule has 132 valence electrons. The molecule has 0 saturated carbocycles. The molecule has 0 aliphatic heterocycles. The van der Waals surface area contributed by atoms with Gasteiger partial charge in [0.2, 0.25) is 11.8 Å². The van der Waals surface area contributed by atoms with Gasteiger partial charge in [-0.05, 0) is 43.5 Å². The lowest BCUT2D eigenvalue weighted by Gasteiger charge is -2.13. The van der Waals surface area contributed by atoms with E-state index in [1.807, 2.05) is 38.1 Å². The minimum Gasteiger partial charge on any atom is -0.439 e. The summed E-state index contributed by atoms with van der Waals surface area (Å²) in [7, 11) is 0. The second kappa shape index (κ2) is 8.14. The van der Waals surface area contributed by atoms with E-state index in [2.05, 4.69) is 15.6 Å². The number of primary amides is 1. The molecular weight excluding hydrogens is 320 g/mol. The minimum atomic E-state index is -0.739. The summed E-state index contributed by atoms with van der Waals surface area (Å²) in [5.41, 5.74) is 7.93. The van der Waals surface area contributed by atoms with Crippen LogP contribution in [-0.2, 0) is 11.3 Å². The van der Waals surface area contributed by atoms with Crippen LogP contribution in [0.2, 0.25) is 0 Å². The number of urea groups is 1. The summed E-state index contributed by atoms with van der Waals surface area (Å²) in [6.07, 6.45) is 1.63. The Morgan fingerprint density at radius 1 is 1.24 bits per heavy atom. The van der Waals surface area contributed by atoms with Crippen LogP contribution in [0.25, 0.3) is 0 Å². The molecule has 0 spiro atoms. The molecule has 1 atom stereocenters. The second-order valence-corrected chi connectivity index (χ2v) is 5.82. The van der Waals surface area contributed by atoms with Crippen molar-refractivity contribution in [2.75, 3.05) is 0 Å². The number of ether oxygens (including phenoxy) is 1. The average Bonchev–Trinajstić information content (AvgIpc) is 2.56. The third kappa shape index (κ3) is 5.49. The van der Waals surface area contributed by atoms with Crippen molar-refractivity contribution in [1.82, 2.24) is 15.6 Å². The molecule has 0 saturated heterocycles. The largest absolute Gasteiger partial charge is 0.439 e. The zero-order valence-electron chi connectivity index (χ0n) is 14.5. The Morgan fingerprint density at radius 3 is 2.64 bits per heavy atom. The Labute approximate surface area is 146 Å². The highest BCUT2D eigenvalue weighted by Gasteiger charge is 2.13. The van der Waals surface area contributed by atoms with Crippen LogP contribution in [0, 0.1) is 13.8 Å². The number of nitrogens with zero attached hydrogens (tertiary/aromatic N) is 1. The Morgan fingerprint density at radius 2 is 2.00 bits per heavy atom. The van der Waals surface area contributed by atoms with Crippen LogP contribution >= 0.6 is 0 Å². The van der Waals surface area contributed by atoms with E-state index in [1.165, 1.54) is 0 Å². The van der Waals surface area contributed by atoms with Gasteiger partial charge in [-0.1, -0.05) is 18.2 Å². The van der Waals surface area contributed by atoms with Crippen molar-refractivity contribution in [3.8, 4) is 11.6 Å². The molecule has 1 heterocycles. The molecule has 7 heteroatoms. The number of rotatable bonds is 6. The van der Waals surface area contributed by atoms with Crippen LogP contribution in [0.4, 0.5) is 4.79 Å². The summed E-state index contributed by atoms with van der Waals surface area (Å²) >= 11 is 0. The molecule has 2 rings (SSSR count). The van der Waals surface area contributed by atoms with Gasteiger partial charge in [0.1, 0.15) is 11.8 Å². The number of nitrogens with one attached hydrogen (secondary N) is 2. The standard InChI is InChI=1S/C18H22N4O3/c1-11-4-5-12(2)15(8-11)25-16-7-6-14(9-20-16)10-21-17(23)13(3)22-18(19)24/h4-9,13H,10H2,1-3H3,(H,21,23)(H3,19,22,24)/t13-/m0/s1. The average molecular weight is 342 g/mol. The highest BCUT2D eigenvalue weighted by Crippen LogP contribution is 2.24. The molecule has 1 aromatic carbocycles. The van der Waals surface area contributed by atoms with E-state index >= 15 is 0 Å². The van der Waals surface area contributed by atoms with Gasteiger partial charge in [-0.15, -0.1) is 0 Å². The van der Waals surface area contributed by atoms with Crippen molar-refractivity contribution in [2.24, 2.45) is 5.73 Å². The maximum atomic E-state index is 11.8. The van der Waals surface area contributed by atoms with Crippen molar-refractivity contribution in [3.05, 3.63) is 53.2 Å². The predicted molar refractivity (Wildman–Crippen MR) is 94.3 cm³/mol. The summed E-state index contributed by atoms with van der Waals surface area (Å²) in [6.45, 7) is 5.82. The fourth-order valence-electron chi connectivity index (χ4n) is 2.13. The maximum Gasteiger partial charge on any atom is 0.312 e. The van der Waals surface area contributed by atoms with Gasteiger partial charge in [0.05, 0.1) is 0 Å². The predicted octanol–water partition coefficient (Wildman–Crippen LogP) is 2.16. The number of carbonyl (C=O) groups excluding carboxylic acids is 2. The third-order valence-corrected chi connectivity index (χ3v) is 3.57. The van der Waals surface area contributed by atoms with Gasteiger partial charge in [-0.2, -0.15) is 0 Å². The summed E-state index contributed by atoms with van der Waals surface area (Å²) in [5, 5.41) is 5.02. The van der Waals surface area contributed by atoms with Gasteiger partial charge in [-0.3, -0.25) is 4.79 Å². The zero-order chi connectivity index (χ0) is 18.4. The quantitative estimate of drug-likeness (QED) is 0.748. The molecule has 7 nitrogen and oxygen atoms in total. The van der Waals surface area contributed by atoms with Crippen LogP contribution in [0.15, 0.2) is 36.5 Å². The van der Waals surface area contributed by atoms with E-state index < -0.39 is 12.1 Å². The van der Waals surface area contributed by atoms with Gasteiger partial charge in [0.25, 0.3) is 0 Å². The molecular formula is C18H22N4O3. The third-order valence-electron chi connectivity index (χ3n) is 3.57. The van der Waals surface area contributed by atoms with Crippen molar-refractivity contribution in [2.45, 2.75) is 33.4 Å². The summed E-state index contributed by atoms with van der Waals surface area (Å²) in [5.74, 6) is 0.918. The zero-order valence-corrected chi connectivity index (χ0v) is 14.5. The number of pyridine rings is 1. The highest BCUT2D eigenvalue weighted by molar-refractivity contribution is 5.86. The molecule has 0 radical (unpaired) electrons. The Hall–Kier alpha value is -3.09. The smallest absolute Gasteiger partial charge is 0.312 e. The van der Waals surface area contributed by atoms with Crippen LogP contribution < -0.4 is 21.1 Å². The van der Waals surface area contributed by atoms with Crippen molar-refractivity contribution >= 4 is 11.9 Å². The number of amides is 3. The minimum absolute atomic E-state index is 0.292. The number of benzene rings is 1. The van der Waals surface area contributed by atoms with E-state index in [4.69, 9.17) is 10.5 Å². The first-order valence-electron chi connectivity index (χ1n) is 7.89. The molecule has 3 amide bonds. The van der Waals surface area contributed by atoms with E-state index in [0.29, 0.717) is 12.4 Å². The van der Waals surface area contributed by atoms with Crippen LogP contribution in [-0.4, -0.2) is 23.0 Å². The van der Waals surface area contributed by atoms with Crippen LogP contribution in [0.3, 0.4) is 0 Å². The van der Waals surface area contributed by atoms with E-state index in [0.717, 1.165) is 22.4 Å². The lowest BCUT2D eigenvalue weighted by Crippen LogP contribution is -2.46. The van der Waals surface area contributed by atoms with Gasteiger partial charge in [-0.25, -0.2) is 9.78 Å². The first kappa shape index (κ1) is 18.3. The number of aromatic nitrogens is 1. The number of hydrogen-bond donors (Lipinski definition) is 3. The molecule has 1 aromatic heterocycles. The summed E-state index contributed by atoms with van der Waals surface area (Å²) in [4.78, 5) is 26.8. The van der Waals surface area contributed by atoms with E-state index in [1.54, 1.807) is 19.2 Å². The number of nitrogens with two attached hydrogens (primary N) is 1. The molecule has 25 heavy (non-hydrogen) atoms. The summed E-state index contributed by atoms with van der Waals surface area (Å²) < 4.78 is 5.79.